The summed E-state index contributed by atoms with van der Waals surface area (Å²) in [4.78, 5) is 21.8. The summed E-state index contributed by atoms with van der Waals surface area (Å²) in [7, 11) is 1.56. The van der Waals surface area contributed by atoms with E-state index < -0.39 is 6.10 Å². The first-order valence-corrected chi connectivity index (χ1v) is 9.82. The SMILES string of the molecule is COC(C(=O)Nc1ncnc2c1c(C)c(C)n2-c1ccc(C)cc1)C1CCOC1. The number of ether oxygens (including phenoxy) is 2. The first kappa shape index (κ1) is 19.5. The lowest BCUT2D eigenvalue weighted by molar-refractivity contribution is -0.128. The van der Waals surface area contributed by atoms with Crippen LogP contribution in [0.2, 0.25) is 0 Å². The van der Waals surface area contributed by atoms with Crippen LogP contribution in [0.4, 0.5) is 5.82 Å². The minimum atomic E-state index is -0.567. The van der Waals surface area contributed by atoms with Crippen molar-refractivity contribution in [2.45, 2.75) is 33.3 Å². The van der Waals surface area contributed by atoms with Gasteiger partial charge in [-0.25, -0.2) is 9.97 Å². The number of hydrogen-bond acceptors (Lipinski definition) is 5. The number of hydrogen-bond donors (Lipinski definition) is 1. The molecule has 1 aliphatic rings. The van der Waals surface area contributed by atoms with Gasteiger partial charge in [0.25, 0.3) is 5.91 Å². The molecule has 1 aliphatic heterocycles. The highest BCUT2D eigenvalue weighted by Crippen LogP contribution is 2.31. The van der Waals surface area contributed by atoms with Crippen molar-refractivity contribution in [3.8, 4) is 5.69 Å². The molecule has 7 heteroatoms. The largest absolute Gasteiger partial charge is 0.381 e. The number of nitrogens with zero attached hydrogens (tertiary/aromatic N) is 3. The maximum absolute atomic E-state index is 12.9. The molecule has 0 bridgehead atoms. The number of aromatic nitrogens is 3. The normalized spacial score (nSPS) is 17.6. The summed E-state index contributed by atoms with van der Waals surface area (Å²) in [6, 6.07) is 8.30. The second-order valence-electron chi connectivity index (χ2n) is 7.57. The van der Waals surface area contributed by atoms with Gasteiger partial charge in [0.1, 0.15) is 18.2 Å². The van der Waals surface area contributed by atoms with Crippen LogP contribution in [-0.2, 0) is 14.3 Å². The Kier molecular flexibility index (Phi) is 5.34. The summed E-state index contributed by atoms with van der Waals surface area (Å²) in [5, 5.41) is 3.81. The maximum atomic E-state index is 12.9. The van der Waals surface area contributed by atoms with Gasteiger partial charge in [-0.1, -0.05) is 17.7 Å². The topological polar surface area (TPSA) is 78.3 Å². The second-order valence-corrected chi connectivity index (χ2v) is 7.57. The van der Waals surface area contributed by atoms with Gasteiger partial charge in [0.15, 0.2) is 5.65 Å². The van der Waals surface area contributed by atoms with E-state index in [4.69, 9.17) is 9.47 Å². The lowest BCUT2D eigenvalue weighted by Gasteiger charge is -2.20. The molecule has 2 atom stereocenters. The number of nitrogens with one attached hydrogen (secondary N) is 1. The van der Waals surface area contributed by atoms with E-state index in [0.29, 0.717) is 19.0 Å². The standard InChI is InChI=1S/C22H26N4O3/c1-13-5-7-17(8-6-13)26-15(3)14(2)18-20(23-12-24-21(18)26)25-22(27)19(28-4)16-9-10-29-11-16/h5-8,12,16,19H,9-11H2,1-4H3,(H,23,24,25,27). The van der Waals surface area contributed by atoms with Crippen molar-refractivity contribution in [3.63, 3.8) is 0 Å². The minimum absolute atomic E-state index is 0.0531. The highest BCUT2D eigenvalue weighted by Gasteiger charge is 2.32. The molecular weight excluding hydrogens is 368 g/mol. The van der Waals surface area contributed by atoms with Gasteiger partial charge in [0.2, 0.25) is 0 Å². The molecule has 1 fully saturated rings. The van der Waals surface area contributed by atoms with E-state index in [1.54, 1.807) is 7.11 Å². The molecule has 1 N–H and O–H groups in total. The van der Waals surface area contributed by atoms with E-state index in [1.165, 1.54) is 11.9 Å². The van der Waals surface area contributed by atoms with Gasteiger partial charge in [-0.2, -0.15) is 0 Å². The number of rotatable bonds is 5. The number of carbonyl (C=O) groups is 1. The van der Waals surface area contributed by atoms with E-state index in [9.17, 15) is 4.79 Å². The fourth-order valence-corrected chi connectivity index (χ4v) is 4.00. The van der Waals surface area contributed by atoms with Crippen molar-refractivity contribution in [2.24, 2.45) is 5.92 Å². The summed E-state index contributed by atoms with van der Waals surface area (Å²) < 4.78 is 13.0. The number of methoxy groups -OCH3 is 1. The predicted molar refractivity (Wildman–Crippen MR) is 111 cm³/mol. The molecule has 29 heavy (non-hydrogen) atoms. The van der Waals surface area contributed by atoms with Crippen molar-refractivity contribution in [1.29, 1.82) is 0 Å². The Morgan fingerprint density at radius 2 is 2.00 bits per heavy atom. The van der Waals surface area contributed by atoms with Crippen molar-refractivity contribution in [1.82, 2.24) is 14.5 Å². The van der Waals surface area contributed by atoms with Crippen molar-refractivity contribution < 1.29 is 14.3 Å². The van der Waals surface area contributed by atoms with Crippen molar-refractivity contribution in [2.75, 3.05) is 25.6 Å². The van der Waals surface area contributed by atoms with E-state index >= 15 is 0 Å². The lowest BCUT2D eigenvalue weighted by atomic mass is 10.0. The van der Waals surface area contributed by atoms with Crippen LogP contribution < -0.4 is 5.32 Å². The molecule has 1 saturated heterocycles. The van der Waals surface area contributed by atoms with Crippen molar-refractivity contribution >= 4 is 22.8 Å². The summed E-state index contributed by atoms with van der Waals surface area (Å²) in [5.41, 5.74) is 5.10. The van der Waals surface area contributed by atoms with Gasteiger partial charge < -0.3 is 14.8 Å². The first-order chi connectivity index (χ1) is 14.0. The Hall–Kier alpha value is -2.77. The lowest BCUT2D eigenvalue weighted by Crippen LogP contribution is -2.36. The predicted octanol–water partition coefficient (Wildman–Crippen LogP) is 3.34. The summed E-state index contributed by atoms with van der Waals surface area (Å²) in [5.74, 6) is 0.355. The maximum Gasteiger partial charge on any atom is 0.255 e. The molecule has 1 amide bonds. The van der Waals surface area contributed by atoms with E-state index in [-0.39, 0.29) is 11.8 Å². The van der Waals surface area contributed by atoms with Gasteiger partial charge in [-0.05, 0) is 44.9 Å². The van der Waals surface area contributed by atoms with Gasteiger partial charge in [-0.15, -0.1) is 0 Å². The number of aryl methyl sites for hydroxylation is 2. The van der Waals surface area contributed by atoms with Gasteiger partial charge >= 0.3 is 0 Å². The Morgan fingerprint density at radius 1 is 1.24 bits per heavy atom. The monoisotopic (exact) mass is 394 g/mol. The zero-order valence-electron chi connectivity index (χ0n) is 17.2. The Bertz CT molecular complexity index is 1040. The summed E-state index contributed by atoms with van der Waals surface area (Å²) >= 11 is 0. The number of anilines is 1. The third-order valence-electron chi connectivity index (χ3n) is 5.73. The van der Waals surface area contributed by atoms with Gasteiger partial charge in [0, 0.05) is 31.0 Å². The van der Waals surface area contributed by atoms with Crippen LogP contribution in [0.15, 0.2) is 30.6 Å². The fraction of sp³-hybridized carbons (Fsp3) is 0.409. The van der Waals surface area contributed by atoms with Crippen LogP contribution >= 0.6 is 0 Å². The first-order valence-electron chi connectivity index (χ1n) is 9.82. The highest BCUT2D eigenvalue weighted by molar-refractivity contribution is 6.02. The Balaban J connectivity index is 1.73. The molecule has 0 aliphatic carbocycles. The average Bonchev–Trinajstić information content (AvgIpc) is 3.32. The van der Waals surface area contributed by atoms with Crippen LogP contribution in [0.5, 0.6) is 0 Å². The third kappa shape index (κ3) is 3.52. The van der Waals surface area contributed by atoms with Crippen LogP contribution in [-0.4, -0.2) is 46.9 Å². The molecule has 2 unspecified atom stereocenters. The van der Waals surface area contributed by atoms with Crippen LogP contribution in [0.25, 0.3) is 16.7 Å². The number of fused-ring (bicyclic) bond motifs is 1. The molecule has 3 heterocycles. The quantitative estimate of drug-likeness (QED) is 0.718. The number of carbonyl (C=O) groups excluding carboxylic acids is 1. The van der Waals surface area contributed by atoms with Crippen LogP contribution in [0.3, 0.4) is 0 Å². The van der Waals surface area contributed by atoms with Gasteiger partial charge in [0.05, 0.1) is 12.0 Å². The van der Waals surface area contributed by atoms with Gasteiger partial charge in [-0.3, -0.25) is 9.36 Å². The average molecular weight is 394 g/mol. The molecular formula is C22H26N4O3. The van der Waals surface area contributed by atoms with Crippen LogP contribution in [0, 0.1) is 26.7 Å². The van der Waals surface area contributed by atoms with Crippen LogP contribution in [0.1, 0.15) is 23.2 Å². The zero-order valence-corrected chi connectivity index (χ0v) is 17.2. The number of benzene rings is 1. The smallest absolute Gasteiger partial charge is 0.255 e. The van der Waals surface area contributed by atoms with E-state index in [2.05, 4.69) is 58.0 Å². The molecule has 0 saturated carbocycles. The Morgan fingerprint density at radius 3 is 2.66 bits per heavy atom. The molecule has 0 spiro atoms. The highest BCUT2D eigenvalue weighted by atomic mass is 16.5. The fourth-order valence-electron chi connectivity index (χ4n) is 4.00. The molecule has 152 valence electrons. The minimum Gasteiger partial charge on any atom is -0.381 e. The third-order valence-corrected chi connectivity index (χ3v) is 5.73. The molecule has 1 aromatic carbocycles. The summed E-state index contributed by atoms with van der Waals surface area (Å²) in [6.45, 7) is 7.34. The summed E-state index contributed by atoms with van der Waals surface area (Å²) in [6.07, 6.45) is 1.73. The Labute approximate surface area is 170 Å². The molecule has 3 aromatic rings. The van der Waals surface area contributed by atoms with Crippen molar-refractivity contribution in [3.05, 3.63) is 47.4 Å². The molecule has 2 aromatic heterocycles. The molecule has 7 nitrogen and oxygen atoms in total. The van der Waals surface area contributed by atoms with E-state index in [1.807, 2.05) is 6.92 Å². The molecule has 0 radical (unpaired) electrons. The van der Waals surface area contributed by atoms with E-state index in [0.717, 1.165) is 34.4 Å². The second kappa shape index (κ2) is 7.93. The molecule has 4 rings (SSSR count). The number of amides is 1. The zero-order chi connectivity index (χ0) is 20.5.